The number of aliphatic carboxylic acids is 1. The topological polar surface area (TPSA) is 63.6 Å². The van der Waals surface area contributed by atoms with Gasteiger partial charge in [-0.1, -0.05) is 58.3 Å². The first kappa shape index (κ1) is 16.0. The Labute approximate surface area is 115 Å². The molecule has 1 N–H and O–H groups in total. The Morgan fingerprint density at radius 3 is 2.32 bits per heavy atom. The van der Waals surface area contributed by atoms with E-state index in [1.54, 1.807) is 0 Å². The second-order valence-corrected chi connectivity index (χ2v) is 5.47. The lowest BCUT2D eigenvalue weighted by Gasteiger charge is -2.10. The molecular formula is C15H26O4. The normalized spacial score (nSPS) is 22.5. The van der Waals surface area contributed by atoms with E-state index in [1.165, 1.54) is 38.5 Å². The van der Waals surface area contributed by atoms with Crippen molar-refractivity contribution in [3.05, 3.63) is 0 Å². The Morgan fingerprint density at radius 2 is 1.74 bits per heavy atom. The maximum absolute atomic E-state index is 11.3. The fraction of sp³-hybridized carbons (Fsp3) is 0.867. The van der Waals surface area contributed by atoms with Crippen LogP contribution in [0.1, 0.15) is 64.7 Å². The molecule has 4 nitrogen and oxygen atoms in total. The van der Waals surface area contributed by atoms with Crippen molar-refractivity contribution in [1.29, 1.82) is 0 Å². The van der Waals surface area contributed by atoms with Crippen LogP contribution in [0.25, 0.3) is 0 Å². The predicted octanol–water partition coefficient (Wildman–Crippen LogP) is 3.39. The second kappa shape index (κ2) is 8.94. The number of carbonyl (C=O) groups excluding carboxylic acids is 1. The molecule has 1 fully saturated rings. The third kappa shape index (κ3) is 5.62. The van der Waals surface area contributed by atoms with Gasteiger partial charge in [0.2, 0.25) is 0 Å². The molecule has 4 heteroatoms. The van der Waals surface area contributed by atoms with E-state index in [4.69, 9.17) is 9.84 Å². The number of carboxylic acids is 1. The molecule has 0 amide bonds. The highest BCUT2D eigenvalue weighted by atomic mass is 16.5. The van der Waals surface area contributed by atoms with Gasteiger partial charge >= 0.3 is 11.9 Å². The summed E-state index contributed by atoms with van der Waals surface area (Å²) in [5, 5.41) is 8.98. The highest BCUT2D eigenvalue weighted by Crippen LogP contribution is 2.27. The summed E-state index contributed by atoms with van der Waals surface area (Å²) in [4.78, 5) is 22.2. The molecule has 110 valence electrons. The number of rotatable bonds is 10. The van der Waals surface area contributed by atoms with Crippen LogP contribution >= 0.6 is 0 Å². The van der Waals surface area contributed by atoms with Gasteiger partial charge in [-0.3, -0.25) is 9.59 Å². The van der Waals surface area contributed by atoms with Gasteiger partial charge in [-0.25, -0.2) is 0 Å². The van der Waals surface area contributed by atoms with Gasteiger partial charge < -0.3 is 9.84 Å². The third-order valence-corrected chi connectivity index (χ3v) is 3.86. The minimum absolute atomic E-state index is 0.120. The number of esters is 1. The molecule has 1 aliphatic rings. The Hall–Kier alpha value is -1.06. The number of unbranched alkanes of at least 4 members (excludes halogenated alkanes) is 7. The van der Waals surface area contributed by atoms with Crippen LogP contribution in [0.15, 0.2) is 0 Å². The van der Waals surface area contributed by atoms with Gasteiger partial charge in [0.1, 0.15) is 0 Å². The zero-order valence-electron chi connectivity index (χ0n) is 11.9. The molecule has 0 aliphatic carbocycles. The van der Waals surface area contributed by atoms with E-state index in [2.05, 4.69) is 6.92 Å². The van der Waals surface area contributed by atoms with Crippen LogP contribution in [0.2, 0.25) is 0 Å². The molecule has 0 radical (unpaired) electrons. The van der Waals surface area contributed by atoms with Crippen molar-refractivity contribution in [3.63, 3.8) is 0 Å². The van der Waals surface area contributed by atoms with Crippen molar-refractivity contribution >= 4 is 11.9 Å². The Morgan fingerprint density at radius 1 is 1.16 bits per heavy atom. The summed E-state index contributed by atoms with van der Waals surface area (Å²) in [5.74, 6) is -2.64. The first-order valence-corrected chi connectivity index (χ1v) is 7.56. The summed E-state index contributed by atoms with van der Waals surface area (Å²) in [6, 6.07) is 0. The lowest BCUT2D eigenvalue weighted by molar-refractivity contribution is -0.152. The van der Waals surface area contributed by atoms with Gasteiger partial charge in [-0.2, -0.15) is 0 Å². The summed E-state index contributed by atoms with van der Waals surface area (Å²) in [5.41, 5.74) is 0. The fourth-order valence-corrected chi connectivity index (χ4v) is 2.66. The van der Waals surface area contributed by atoms with Crippen LogP contribution in [-0.4, -0.2) is 23.7 Å². The average Bonchev–Trinajstić information content (AvgIpc) is 2.74. The van der Waals surface area contributed by atoms with Gasteiger partial charge in [0.25, 0.3) is 0 Å². The van der Waals surface area contributed by atoms with Gasteiger partial charge in [-0.15, -0.1) is 0 Å². The summed E-state index contributed by atoms with van der Waals surface area (Å²) in [6.07, 6.45) is 10.6. The number of cyclic esters (lactones) is 1. The van der Waals surface area contributed by atoms with Crippen molar-refractivity contribution < 1.29 is 19.4 Å². The number of ether oxygens (including phenoxy) is 1. The van der Waals surface area contributed by atoms with E-state index in [1.807, 2.05) is 0 Å². The third-order valence-electron chi connectivity index (χ3n) is 3.86. The molecule has 1 heterocycles. The molecular weight excluding hydrogens is 244 g/mol. The van der Waals surface area contributed by atoms with Gasteiger partial charge in [0.15, 0.2) is 5.92 Å². The largest absolute Gasteiger partial charge is 0.481 e. The molecule has 1 aliphatic heterocycles. The summed E-state index contributed by atoms with van der Waals surface area (Å²) in [7, 11) is 0. The van der Waals surface area contributed by atoms with Crippen molar-refractivity contribution in [3.8, 4) is 0 Å². The molecule has 19 heavy (non-hydrogen) atoms. The highest BCUT2D eigenvalue weighted by molar-refractivity contribution is 5.95. The van der Waals surface area contributed by atoms with Crippen molar-refractivity contribution in [2.45, 2.75) is 64.7 Å². The smallest absolute Gasteiger partial charge is 0.320 e. The maximum atomic E-state index is 11.3. The van der Waals surface area contributed by atoms with Crippen molar-refractivity contribution in [1.82, 2.24) is 0 Å². The summed E-state index contributed by atoms with van der Waals surface area (Å²) >= 11 is 0. The lowest BCUT2D eigenvalue weighted by Crippen LogP contribution is -2.25. The van der Waals surface area contributed by atoms with Gasteiger partial charge in [0, 0.05) is 5.92 Å². The van der Waals surface area contributed by atoms with Crippen LogP contribution in [0, 0.1) is 11.8 Å². The number of carbonyl (C=O) groups is 2. The molecule has 0 spiro atoms. The molecule has 0 saturated carbocycles. The van der Waals surface area contributed by atoms with E-state index in [9.17, 15) is 9.59 Å². The van der Waals surface area contributed by atoms with Crippen LogP contribution in [0.4, 0.5) is 0 Å². The van der Waals surface area contributed by atoms with Crippen molar-refractivity contribution in [2.75, 3.05) is 6.61 Å². The highest BCUT2D eigenvalue weighted by Gasteiger charge is 2.41. The van der Waals surface area contributed by atoms with Crippen LogP contribution in [0.5, 0.6) is 0 Å². The zero-order chi connectivity index (χ0) is 14.1. The minimum Gasteiger partial charge on any atom is -0.481 e. The number of hydrogen-bond donors (Lipinski definition) is 1. The molecule has 1 saturated heterocycles. The first-order valence-electron chi connectivity index (χ1n) is 7.56. The first-order chi connectivity index (χ1) is 9.16. The molecule has 0 aromatic heterocycles. The van der Waals surface area contributed by atoms with Crippen LogP contribution in [-0.2, 0) is 14.3 Å². The van der Waals surface area contributed by atoms with Crippen LogP contribution in [0.3, 0.4) is 0 Å². The van der Waals surface area contributed by atoms with Crippen molar-refractivity contribution in [2.24, 2.45) is 11.8 Å². The van der Waals surface area contributed by atoms with E-state index in [0.29, 0.717) is 0 Å². The fourth-order valence-electron chi connectivity index (χ4n) is 2.66. The molecule has 1 rings (SSSR count). The van der Waals surface area contributed by atoms with Gasteiger partial charge in [0.05, 0.1) is 6.61 Å². The minimum atomic E-state index is -1.04. The Balaban J connectivity index is 2.06. The Bertz CT molecular complexity index is 288. The second-order valence-electron chi connectivity index (χ2n) is 5.47. The van der Waals surface area contributed by atoms with Gasteiger partial charge in [-0.05, 0) is 6.42 Å². The van der Waals surface area contributed by atoms with E-state index in [0.717, 1.165) is 19.3 Å². The lowest BCUT2D eigenvalue weighted by atomic mass is 9.90. The molecule has 2 atom stereocenters. The summed E-state index contributed by atoms with van der Waals surface area (Å²) in [6.45, 7) is 2.50. The van der Waals surface area contributed by atoms with E-state index < -0.39 is 17.9 Å². The predicted molar refractivity (Wildman–Crippen MR) is 72.8 cm³/mol. The maximum Gasteiger partial charge on any atom is 0.320 e. The molecule has 0 aromatic carbocycles. The standard InChI is InChI=1S/C15H26O4/c1-2-3-4-5-6-7-8-9-10-12-11-19-15(18)13(12)14(16)17/h12-13H,2-11H2,1H3,(H,16,17). The Kier molecular flexibility index (Phi) is 7.53. The van der Waals surface area contributed by atoms with E-state index >= 15 is 0 Å². The number of hydrogen-bond acceptors (Lipinski definition) is 3. The molecule has 0 bridgehead atoms. The number of carboxylic acid groups (broad SMARTS) is 1. The zero-order valence-corrected chi connectivity index (χ0v) is 11.9. The SMILES string of the molecule is CCCCCCCCCCC1COC(=O)C1C(=O)O. The van der Waals surface area contributed by atoms with Crippen LogP contribution < -0.4 is 0 Å². The van der Waals surface area contributed by atoms with E-state index in [-0.39, 0.29) is 12.5 Å². The average molecular weight is 270 g/mol. The quantitative estimate of drug-likeness (QED) is 0.375. The monoisotopic (exact) mass is 270 g/mol. The molecule has 0 aromatic rings. The molecule has 2 unspecified atom stereocenters. The summed E-state index contributed by atoms with van der Waals surface area (Å²) < 4.78 is 4.84.